The van der Waals surface area contributed by atoms with E-state index in [-0.39, 0.29) is 11.5 Å². The minimum absolute atomic E-state index is 0.0728. The average molecular weight is 250 g/mol. The Morgan fingerprint density at radius 1 is 1.33 bits per heavy atom. The summed E-state index contributed by atoms with van der Waals surface area (Å²) in [4.78, 5) is 11.9. The van der Waals surface area contributed by atoms with E-state index in [2.05, 4.69) is 13.5 Å². The molecule has 0 aromatic rings. The van der Waals surface area contributed by atoms with Gasteiger partial charge < -0.3 is 4.74 Å². The standard InChI is InChI=1S/C16H26O2/c1-4-5-6-7-8-9-14-11-16(14)13(3)15(17)10-12(2)18-16/h13-14H,2,4-11H2,1,3H3/t13-,14-,16?/m0/s1. The molecule has 3 atom stereocenters. The van der Waals surface area contributed by atoms with Crippen LogP contribution in [0.2, 0.25) is 0 Å². The van der Waals surface area contributed by atoms with Crippen molar-refractivity contribution in [2.24, 2.45) is 11.8 Å². The number of hydrogen-bond donors (Lipinski definition) is 0. The van der Waals surface area contributed by atoms with Crippen molar-refractivity contribution < 1.29 is 9.53 Å². The molecule has 2 heteroatoms. The minimum Gasteiger partial charge on any atom is -0.491 e. The van der Waals surface area contributed by atoms with Crippen LogP contribution >= 0.6 is 0 Å². The van der Waals surface area contributed by atoms with Crippen molar-refractivity contribution in [1.29, 1.82) is 0 Å². The van der Waals surface area contributed by atoms with Gasteiger partial charge in [-0.2, -0.15) is 0 Å². The van der Waals surface area contributed by atoms with E-state index in [1.54, 1.807) is 0 Å². The zero-order valence-corrected chi connectivity index (χ0v) is 11.8. The predicted octanol–water partition coefficient (Wildman–Crippen LogP) is 4.24. The van der Waals surface area contributed by atoms with E-state index in [0.29, 0.717) is 23.9 Å². The van der Waals surface area contributed by atoms with Crippen LogP contribution in [-0.4, -0.2) is 11.4 Å². The minimum atomic E-state index is -0.156. The van der Waals surface area contributed by atoms with Gasteiger partial charge in [-0.05, 0) is 12.8 Å². The van der Waals surface area contributed by atoms with Crippen LogP contribution in [0.15, 0.2) is 12.3 Å². The number of unbranched alkanes of at least 4 members (excludes halogenated alkanes) is 4. The fourth-order valence-corrected chi connectivity index (χ4v) is 3.34. The number of ether oxygens (including phenoxy) is 1. The molecule has 1 spiro atoms. The first-order chi connectivity index (χ1) is 8.60. The molecule has 2 aliphatic rings. The topological polar surface area (TPSA) is 26.3 Å². The van der Waals surface area contributed by atoms with Crippen molar-refractivity contribution in [2.75, 3.05) is 0 Å². The van der Waals surface area contributed by atoms with E-state index in [1.165, 1.54) is 38.5 Å². The Labute approximate surface area is 111 Å². The Kier molecular flexibility index (Phi) is 4.14. The van der Waals surface area contributed by atoms with Gasteiger partial charge in [-0.3, -0.25) is 4.79 Å². The maximum absolute atomic E-state index is 11.9. The number of ketones is 1. The number of carbonyl (C=O) groups excluding carboxylic acids is 1. The van der Waals surface area contributed by atoms with Gasteiger partial charge in [-0.1, -0.05) is 52.5 Å². The van der Waals surface area contributed by atoms with Crippen LogP contribution in [0.5, 0.6) is 0 Å². The summed E-state index contributed by atoms with van der Waals surface area (Å²) >= 11 is 0. The van der Waals surface area contributed by atoms with Crippen LogP contribution in [0, 0.1) is 11.8 Å². The Morgan fingerprint density at radius 3 is 2.78 bits per heavy atom. The molecule has 0 amide bonds. The summed E-state index contributed by atoms with van der Waals surface area (Å²) in [5.41, 5.74) is -0.156. The smallest absolute Gasteiger partial charge is 0.147 e. The van der Waals surface area contributed by atoms with Gasteiger partial charge in [0.2, 0.25) is 0 Å². The lowest BCUT2D eigenvalue weighted by molar-refractivity contribution is -0.133. The summed E-state index contributed by atoms with van der Waals surface area (Å²) in [7, 11) is 0. The molecule has 0 bridgehead atoms. The van der Waals surface area contributed by atoms with E-state index in [4.69, 9.17) is 4.74 Å². The zero-order chi connectivity index (χ0) is 13.2. The summed E-state index contributed by atoms with van der Waals surface area (Å²) < 4.78 is 5.94. The van der Waals surface area contributed by atoms with Gasteiger partial charge in [-0.15, -0.1) is 0 Å². The molecule has 1 aliphatic carbocycles. The van der Waals surface area contributed by atoms with Gasteiger partial charge in [0, 0.05) is 5.92 Å². The second-order valence-electron chi connectivity index (χ2n) is 6.06. The quantitative estimate of drug-likeness (QED) is 0.659. The molecular formula is C16H26O2. The molecule has 0 N–H and O–H groups in total. The highest BCUT2D eigenvalue weighted by atomic mass is 16.5. The van der Waals surface area contributed by atoms with Gasteiger partial charge in [-0.25, -0.2) is 0 Å². The predicted molar refractivity (Wildman–Crippen MR) is 73.2 cm³/mol. The Balaban J connectivity index is 1.77. The van der Waals surface area contributed by atoms with E-state index >= 15 is 0 Å². The van der Waals surface area contributed by atoms with E-state index in [1.807, 2.05) is 6.92 Å². The fourth-order valence-electron chi connectivity index (χ4n) is 3.34. The first-order valence-electron chi connectivity index (χ1n) is 7.49. The molecule has 0 radical (unpaired) electrons. The lowest BCUT2D eigenvalue weighted by atomic mass is 9.89. The van der Waals surface area contributed by atoms with E-state index in [9.17, 15) is 4.79 Å². The summed E-state index contributed by atoms with van der Waals surface area (Å²) in [6, 6.07) is 0. The highest BCUT2D eigenvalue weighted by Gasteiger charge is 2.63. The first-order valence-corrected chi connectivity index (χ1v) is 7.49. The lowest BCUT2D eigenvalue weighted by Gasteiger charge is -2.31. The van der Waals surface area contributed by atoms with Crippen molar-refractivity contribution in [1.82, 2.24) is 0 Å². The average Bonchev–Trinajstić information content (AvgIpc) is 3.00. The molecule has 0 aromatic carbocycles. The molecule has 2 nitrogen and oxygen atoms in total. The van der Waals surface area contributed by atoms with Gasteiger partial charge in [0.15, 0.2) is 0 Å². The summed E-state index contributed by atoms with van der Waals surface area (Å²) in [6.45, 7) is 8.12. The number of rotatable bonds is 6. The van der Waals surface area contributed by atoms with Crippen LogP contribution in [0.4, 0.5) is 0 Å². The maximum Gasteiger partial charge on any atom is 0.147 e. The Morgan fingerprint density at radius 2 is 2.06 bits per heavy atom. The molecule has 2 rings (SSSR count). The highest BCUT2D eigenvalue weighted by Crippen LogP contribution is 2.58. The van der Waals surface area contributed by atoms with Gasteiger partial charge in [0.05, 0.1) is 18.1 Å². The summed E-state index contributed by atoms with van der Waals surface area (Å²) in [5.74, 6) is 1.67. The van der Waals surface area contributed by atoms with Gasteiger partial charge >= 0.3 is 0 Å². The Bertz CT molecular complexity index is 334. The zero-order valence-electron chi connectivity index (χ0n) is 11.8. The van der Waals surface area contributed by atoms with Crippen LogP contribution in [0.1, 0.15) is 65.2 Å². The maximum atomic E-state index is 11.9. The molecule has 1 unspecified atom stereocenters. The number of Topliss-reactive ketones (excluding diaryl/α,β-unsaturated/α-hetero) is 1. The van der Waals surface area contributed by atoms with Crippen LogP contribution in [-0.2, 0) is 9.53 Å². The van der Waals surface area contributed by atoms with Crippen LogP contribution in [0.25, 0.3) is 0 Å². The van der Waals surface area contributed by atoms with Crippen molar-refractivity contribution in [3.8, 4) is 0 Å². The van der Waals surface area contributed by atoms with Gasteiger partial charge in [0.25, 0.3) is 0 Å². The monoisotopic (exact) mass is 250 g/mol. The molecule has 18 heavy (non-hydrogen) atoms. The molecule has 1 saturated heterocycles. The molecule has 102 valence electrons. The Hall–Kier alpha value is -0.790. The third-order valence-electron chi connectivity index (χ3n) is 4.67. The molecule has 1 saturated carbocycles. The van der Waals surface area contributed by atoms with E-state index < -0.39 is 0 Å². The van der Waals surface area contributed by atoms with E-state index in [0.717, 1.165) is 6.42 Å². The molecule has 0 aromatic heterocycles. The van der Waals surface area contributed by atoms with Crippen molar-refractivity contribution >= 4 is 5.78 Å². The SMILES string of the molecule is C=C1CC(=O)[C@H](C)C2(C[C@@H]2CCCCCCC)O1. The van der Waals surface area contributed by atoms with Crippen LogP contribution < -0.4 is 0 Å². The lowest BCUT2D eigenvalue weighted by Crippen LogP contribution is -2.37. The van der Waals surface area contributed by atoms with Gasteiger partial charge in [0.1, 0.15) is 11.4 Å². The highest BCUT2D eigenvalue weighted by molar-refractivity contribution is 5.85. The number of carbonyl (C=O) groups is 1. The largest absolute Gasteiger partial charge is 0.491 e. The van der Waals surface area contributed by atoms with Crippen molar-refractivity contribution in [3.63, 3.8) is 0 Å². The second kappa shape index (κ2) is 5.46. The normalized spacial score (nSPS) is 34.8. The first kappa shape index (κ1) is 13.6. The summed E-state index contributed by atoms with van der Waals surface area (Å²) in [6.07, 6.45) is 9.29. The third-order valence-corrected chi connectivity index (χ3v) is 4.67. The number of allylic oxidation sites excluding steroid dienone is 1. The summed E-state index contributed by atoms with van der Waals surface area (Å²) in [5, 5.41) is 0. The molecule has 1 heterocycles. The van der Waals surface area contributed by atoms with Crippen molar-refractivity contribution in [2.45, 2.75) is 70.8 Å². The molecular weight excluding hydrogens is 224 g/mol. The van der Waals surface area contributed by atoms with Crippen molar-refractivity contribution in [3.05, 3.63) is 12.3 Å². The number of hydrogen-bond acceptors (Lipinski definition) is 2. The van der Waals surface area contributed by atoms with Crippen LogP contribution in [0.3, 0.4) is 0 Å². The third kappa shape index (κ3) is 2.62. The fraction of sp³-hybridized carbons (Fsp3) is 0.812. The molecule has 2 fully saturated rings. The molecule has 1 aliphatic heterocycles. The second-order valence-corrected chi connectivity index (χ2v) is 6.06.